The number of rotatable bonds is 52. The average Bonchev–Trinajstić information content (AvgIpc) is 3.38. The standard InChI is InChI=1S/C67H111N2O6P/c1-6-8-10-12-14-16-18-20-21-22-23-24-25-26-27-28-29-30-31-32-33-34-35-36-37-38-39-40-41-42-43-44-45-46-47-49-51-53-55-57-59-61-67(71)68-65(64-75-76(72,73)74-63-62-69(3,4)5)66(70)60-58-56-54-52-50-48-19-17-15-13-11-9-7-2/h8,10,14,16,20-21,23-24,26-27,29-30,32-33,35-36,38-39,41-42,44-45,50,52,58,60,65-66,70H,6-7,9,11-13,15,17-19,22,25,28,31,34,37,40,43,46-49,51,53-57,59,61-64H2,1-5H3,(H-,68,71,72,73)/p+1/b10-8-,16-14-,21-20-,24-23-,27-26-,30-29-,33-32-,36-35-,39-38-,42-41-,45-44-,52-50+,60-58+. The first-order chi connectivity index (χ1) is 37.0. The highest BCUT2D eigenvalue weighted by atomic mass is 31.2. The summed E-state index contributed by atoms with van der Waals surface area (Å²) in [5, 5.41) is 13.8. The van der Waals surface area contributed by atoms with Crippen molar-refractivity contribution in [2.45, 2.75) is 219 Å². The normalized spacial score (nSPS) is 15.0. The molecular weight excluding hydrogens is 960 g/mol. The Labute approximate surface area is 467 Å². The van der Waals surface area contributed by atoms with Gasteiger partial charge in [-0.2, -0.15) is 0 Å². The van der Waals surface area contributed by atoms with Gasteiger partial charge in [-0.15, -0.1) is 0 Å². The second-order valence-corrected chi connectivity index (χ2v) is 22.1. The number of allylic oxidation sites excluding steroid dienone is 25. The van der Waals surface area contributed by atoms with Gasteiger partial charge in [-0.1, -0.05) is 242 Å². The fourth-order valence-electron chi connectivity index (χ4n) is 7.59. The highest BCUT2D eigenvalue weighted by Gasteiger charge is 2.27. The lowest BCUT2D eigenvalue weighted by atomic mass is 10.1. The van der Waals surface area contributed by atoms with Gasteiger partial charge in [0.05, 0.1) is 39.9 Å². The number of amides is 1. The van der Waals surface area contributed by atoms with E-state index in [0.717, 1.165) is 122 Å². The van der Waals surface area contributed by atoms with Crippen molar-refractivity contribution in [2.75, 3.05) is 40.9 Å². The Kier molecular flexibility index (Phi) is 53.0. The molecule has 0 fully saturated rings. The van der Waals surface area contributed by atoms with Crippen molar-refractivity contribution >= 4 is 13.7 Å². The van der Waals surface area contributed by atoms with Gasteiger partial charge < -0.3 is 19.8 Å². The van der Waals surface area contributed by atoms with Gasteiger partial charge in [-0.3, -0.25) is 13.8 Å². The highest BCUT2D eigenvalue weighted by Crippen LogP contribution is 2.43. The summed E-state index contributed by atoms with van der Waals surface area (Å²) < 4.78 is 23.6. The molecular formula is C67H112N2O6P+. The van der Waals surface area contributed by atoms with Gasteiger partial charge in [0.25, 0.3) is 0 Å². The maximum Gasteiger partial charge on any atom is 0.472 e. The average molecular weight is 1070 g/mol. The third-order valence-electron chi connectivity index (χ3n) is 12.2. The summed E-state index contributed by atoms with van der Waals surface area (Å²) in [7, 11) is 1.52. The Morgan fingerprint density at radius 2 is 0.803 bits per heavy atom. The van der Waals surface area contributed by atoms with E-state index in [1.165, 1.54) is 64.2 Å². The number of hydrogen-bond donors (Lipinski definition) is 3. The molecule has 76 heavy (non-hydrogen) atoms. The molecule has 0 aromatic carbocycles. The first-order valence-electron chi connectivity index (χ1n) is 29.9. The SMILES string of the molecule is CC/C=C\C/C=C\C/C=C\C/C=C\C/C=C\C/C=C\C/C=C\C/C=C\C/C=C\C/C=C\C/C=C\CCCCCCCCCC(=O)NC(COP(=O)(O)OCC[N+](C)(C)C)C(O)/C=C/CC/C=C/CCCCCCCCC. The van der Waals surface area contributed by atoms with Crippen molar-refractivity contribution in [1.29, 1.82) is 0 Å². The number of unbranched alkanes of at least 4 members (excludes halogenated alkanes) is 15. The number of aliphatic hydroxyl groups excluding tert-OH is 1. The minimum absolute atomic E-state index is 0.0457. The number of phosphoric acid groups is 1. The van der Waals surface area contributed by atoms with Gasteiger partial charge in [0.1, 0.15) is 13.2 Å². The number of carbonyl (C=O) groups is 1. The van der Waals surface area contributed by atoms with E-state index in [1.54, 1.807) is 6.08 Å². The molecule has 0 spiro atoms. The first-order valence-corrected chi connectivity index (χ1v) is 31.4. The van der Waals surface area contributed by atoms with Gasteiger partial charge in [0.15, 0.2) is 0 Å². The molecule has 0 heterocycles. The lowest BCUT2D eigenvalue weighted by Crippen LogP contribution is -2.45. The molecule has 0 saturated heterocycles. The molecule has 0 aromatic rings. The van der Waals surface area contributed by atoms with Crippen LogP contribution >= 0.6 is 7.82 Å². The minimum atomic E-state index is -4.36. The van der Waals surface area contributed by atoms with Crippen LogP contribution in [-0.2, 0) is 18.4 Å². The van der Waals surface area contributed by atoms with Gasteiger partial charge in [0, 0.05) is 6.42 Å². The molecule has 0 aromatic heterocycles. The molecule has 0 saturated carbocycles. The van der Waals surface area contributed by atoms with Crippen molar-refractivity contribution in [3.05, 3.63) is 158 Å². The topological polar surface area (TPSA) is 105 Å². The van der Waals surface area contributed by atoms with Crippen LogP contribution in [0.3, 0.4) is 0 Å². The molecule has 0 rings (SSSR count). The van der Waals surface area contributed by atoms with Gasteiger partial charge in [-0.25, -0.2) is 4.57 Å². The number of nitrogens with one attached hydrogen (secondary N) is 1. The quantitative estimate of drug-likeness (QED) is 0.0243. The summed E-state index contributed by atoms with van der Waals surface area (Å²) in [4.78, 5) is 23.2. The van der Waals surface area contributed by atoms with Gasteiger partial charge in [0.2, 0.25) is 5.91 Å². The molecule has 0 aliphatic carbocycles. The van der Waals surface area contributed by atoms with Crippen LogP contribution in [0.4, 0.5) is 0 Å². The summed E-state index contributed by atoms with van der Waals surface area (Å²) in [6.45, 7) is 4.63. The van der Waals surface area contributed by atoms with E-state index in [1.807, 2.05) is 27.2 Å². The predicted octanol–water partition coefficient (Wildman–Crippen LogP) is 18.6. The van der Waals surface area contributed by atoms with Crippen molar-refractivity contribution in [2.24, 2.45) is 0 Å². The fourth-order valence-corrected chi connectivity index (χ4v) is 8.33. The Morgan fingerprint density at radius 3 is 1.21 bits per heavy atom. The number of quaternary nitrogens is 1. The number of phosphoric ester groups is 1. The number of likely N-dealkylation sites (N-methyl/N-ethyl adjacent to an activating group) is 1. The molecule has 0 aliphatic heterocycles. The zero-order valence-electron chi connectivity index (χ0n) is 48.9. The lowest BCUT2D eigenvalue weighted by Gasteiger charge is -2.25. The van der Waals surface area contributed by atoms with Crippen LogP contribution in [0.5, 0.6) is 0 Å². The Hall–Kier alpha value is -3.88. The molecule has 8 nitrogen and oxygen atoms in total. The largest absolute Gasteiger partial charge is 0.472 e. The summed E-state index contributed by atoms with van der Waals surface area (Å²) in [5.74, 6) is -0.206. The number of aliphatic hydroxyl groups is 1. The fraction of sp³-hybridized carbons (Fsp3) is 0.597. The smallest absolute Gasteiger partial charge is 0.387 e. The van der Waals surface area contributed by atoms with E-state index in [-0.39, 0.29) is 19.1 Å². The monoisotopic (exact) mass is 1070 g/mol. The lowest BCUT2D eigenvalue weighted by molar-refractivity contribution is -0.870. The maximum atomic E-state index is 13.0. The van der Waals surface area contributed by atoms with Crippen molar-refractivity contribution in [3.8, 4) is 0 Å². The summed E-state index contributed by atoms with van der Waals surface area (Å²) in [6.07, 6.45) is 87.9. The molecule has 3 unspecified atom stereocenters. The van der Waals surface area contributed by atoms with E-state index in [2.05, 4.69) is 165 Å². The summed E-state index contributed by atoms with van der Waals surface area (Å²) in [5.41, 5.74) is 0. The molecule has 1 amide bonds. The Bertz CT molecular complexity index is 1790. The Morgan fingerprint density at radius 1 is 0.461 bits per heavy atom. The van der Waals surface area contributed by atoms with Crippen LogP contribution in [0.2, 0.25) is 0 Å². The Balaban J connectivity index is 4.16. The van der Waals surface area contributed by atoms with Crippen LogP contribution in [0, 0.1) is 0 Å². The van der Waals surface area contributed by atoms with E-state index < -0.39 is 20.0 Å². The molecule has 9 heteroatoms. The van der Waals surface area contributed by atoms with E-state index >= 15 is 0 Å². The van der Waals surface area contributed by atoms with Crippen LogP contribution in [0.15, 0.2) is 158 Å². The first kappa shape index (κ1) is 72.1. The molecule has 3 atom stereocenters. The molecule has 0 bridgehead atoms. The van der Waals surface area contributed by atoms with Crippen molar-refractivity contribution in [1.82, 2.24) is 5.32 Å². The number of carbonyl (C=O) groups excluding carboxylic acids is 1. The van der Waals surface area contributed by atoms with Gasteiger partial charge >= 0.3 is 7.82 Å². The van der Waals surface area contributed by atoms with Crippen LogP contribution in [0.25, 0.3) is 0 Å². The van der Waals surface area contributed by atoms with Crippen LogP contribution in [-0.4, -0.2) is 73.4 Å². The van der Waals surface area contributed by atoms with Crippen LogP contribution < -0.4 is 5.32 Å². The third-order valence-corrected chi connectivity index (χ3v) is 13.2. The van der Waals surface area contributed by atoms with E-state index in [9.17, 15) is 19.4 Å². The predicted molar refractivity (Wildman–Crippen MR) is 331 cm³/mol. The number of hydrogen-bond acceptors (Lipinski definition) is 5. The third kappa shape index (κ3) is 57.8. The highest BCUT2D eigenvalue weighted by molar-refractivity contribution is 7.47. The zero-order chi connectivity index (χ0) is 55.6. The van der Waals surface area contributed by atoms with E-state index in [0.29, 0.717) is 17.4 Å². The second kappa shape index (κ2) is 55.9. The summed E-state index contributed by atoms with van der Waals surface area (Å²) >= 11 is 0. The number of nitrogens with zero attached hydrogens (tertiary/aromatic N) is 1. The maximum absolute atomic E-state index is 13.0. The van der Waals surface area contributed by atoms with Gasteiger partial charge in [-0.05, 0) is 116 Å². The molecule has 0 aliphatic rings. The molecule has 430 valence electrons. The zero-order valence-corrected chi connectivity index (χ0v) is 49.8. The van der Waals surface area contributed by atoms with E-state index in [4.69, 9.17) is 9.05 Å². The van der Waals surface area contributed by atoms with Crippen molar-refractivity contribution < 1.29 is 32.9 Å². The molecule has 0 radical (unpaired) electrons. The minimum Gasteiger partial charge on any atom is -0.387 e. The second-order valence-electron chi connectivity index (χ2n) is 20.6. The van der Waals surface area contributed by atoms with Crippen LogP contribution in [0.1, 0.15) is 206 Å². The molecule has 3 N–H and O–H groups in total. The van der Waals surface area contributed by atoms with Crippen molar-refractivity contribution in [3.63, 3.8) is 0 Å². The summed E-state index contributed by atoms with van der Waals surface area (Å²) in [6, 6.07) is -0.880.